The van der Waals surface area contributed by atoms with Crippen LogP contribution in [0.5, 0.6) is 11.5 Å². The van der Waals surface area contributed by atoms with Crippen molar-refractivity contribution < 1.29 is 19.1 Å². The lowest BCUT2D eigenvalue weighted by Crippen LogP contribution is -2.34. The fourth-order valence-corrected chi connectivity index (χ4v) is 1.97. The van der Waals surface area contributed by atoms with Crippen molar-refractivity contribution in [1.29, 1.82) is 0 Å². The van der Waals surface area contributed by atoms with Crippen LogP contribution < -0.4 is 20.1 Å². The first-order valence-electron chi connectivity index (χ1n) is 6.71. The van der Waals surface area contributed by atoms with Crippen molar-refractivity contribution in [2.24, 2.45) is 0 Å². The second kappa shape index (κ2) is 7.73. The number of carbonyl (C=O) groups excluding carboxylic acids is 2. The predicted octanol–water partition coefficient (Wildman–Crippen LogP) is 1.28. The second-order valence-corrected chi connectivity index (χ2v) is 4.84. The van der Waals surface area contributed by atoms with Gasteiger partial charge in [-0.2, -0.15) is 0 Å². The molecule has 7 heteroatoms. The van der Waals surface area contributed by atoms with E-state index in [4.69, 9.17) is 21.1 Å². The Morgan fingerprint density at radius 1 is 1.14 bits per heavy atom. The lowest BCUT2D eigenvalue weighted by atomic mass is 10.2. The Morgan fingerprint density at radius 2 is 1.90 bits per heavy atom. The summed E-state index contributed by atoms with van der Waals surface area (Å²) in [6.07, 6.45) is 1.05. The molecule has 1 aliphatic rings. The van der Waals surface area contributed by atoms with E-state index in [1.165, 1.54) is 0 Å². The summed E-state index contributed by atoms with van der Waals surface area (Å²) >= 11 is 5.50. The average Bonchev–Trinajstić information content (AvgIpc) is 2.96. The highest BCUT2D eigenvalue weighted by Gasteiger charge is 2.15. The Hall–Kier alpha value is -1.95. The number of amides is 2. The fraction of sp³-hybridized carbons (Fsp3) is 0.429. The Morgan fingerprint density at radius 3 is 2.71 bits per heavy atom. The molecule has 0 fully saturated rings. The molecular weight excluding hydrogens is 296 g/mol. The molecule has 1 aromatic rings. The number of benzene rings is 1. The molecule has 1 heterocycles. The van der Waals surface area contributed by atoms with Gasteiger partial charge in [-0.15, -0.1) is 11.6 Å². The van der Waals surface area contributed by atoms with E-state index in [1.54, 1.807) is 18.2 Å². The van der Waals surface area contributed by atoms with Crippen LogP contribution in [-0.2, 0) is 4.79 Å². The largest absolute Gasteiger partial charge is 0.454 e. The van der Waals surface area contributed by atoms with E-state index in [0.29, 0.717) is 48.9 Å². The zero-order chi connectivity index (χ0) is 15.1. The van der Waals surface area contributed by atoms with Crippen LogP contribution in [0.25, 0.3) is 0 Å². The summed E-state index contributed by atoms with van der Waals surface area (Å²) in [6.45, 7) is 0.923. The van der Waals surface area contributed by atoms with Crippen molar-refractivity contribution in [2.45, 2.75) is 12.8 Å². The quantitative estimate of drug-likeness (QED) is 0.587. The smallest absolute Gasteiger partial charge is 0.251 e. The number of hydrogen-bond acceptors (Lipinski definition) is 4. The van der Waals surface area contributed by atoms with Crippen molar-refractivity contribution in [2.75, 3.05) is 25.8 Å². The highest BCUT2D eigenvalue weighted by atomic mass is 35.5. The van der Waals surface area contributed by atoms with Gasteiger partial charge in [0.15, 0.2) is 11.5 Å². The third kappa shape index (κ3) is 4.53. The normalized spacial score (nSPS) is 12.0. The topological polar surface area (TPSA) is 76.7 Å². The lowest BCUT2D eigenvalue weighted by Gasteiger charge is -2.07. The van der Waals surface area contributed by atoms with Gasteiger partial charge in [0.25, 0.3) is 5.91 Å². The molecular formula is C14H17ClN2O4. The van der Waals surface area contributed by atoms with E-state index in [1.807, 2.05) is 0 Å². The molecule has 2 amide bonds. The first kappa shape index (κ1) is 15.4. The molecule has 1 aromatic carbocycles. The number of fused-ring (bicyclic) bond motifs is 1. The molecule has 0 bridgehead atoms. The van der Waals surface area contributed by atoms with E-state index in [0.717, 1.165) is 0 Å². The van der Waals surface area contributed by atoms with Crippen molar-refractivity contribution in [3.63, 3.8) is 0 Å². The molecule has 2 rings (SSSR count). The van der Waals surface area contributed by atoms with Crippen LogP contribution in [0.1, 0.15) is 23.2 Å². The molecule has 0 unspecified atom stereocenters. The Balaban J connectivity index is 1.71. The van der Waals surface area contributed by atoms with Crippen LogP contribution in [0.2, 0.25) is 0 Å². The molecule has 0 radical (unpaired) electrons. The first-order chi connectivity index (χ1) is 10.2. The van der Waals surface area contributed by atoms with Crippen LogP contribution >= 0.6 is 11.6 Å². The van der Waals surface area contributed by atoms with Gasteiger partial charge < -0.3 is 20.1 Å². The molecule has 21 heavy (non-hydrogen) atoms. The van der Waals surface area contributed by atoms with Gasteiger partial charge in [0, 0.05) is 31.0 Å². The first-order valence-corrected chi connectivity index (χ1v) is 7.24. The van der Waals surface area contributed by atoms with Gasteiger partial charge in [-0.05, 0) is 24.6 Å². The van der Waals surface area contributed by atoms with Gasteiger partial charge in [-0.1, -0.05) is 0 Å². The predicted molar refractivity (Wildman–Crippen MR) is 77.9 cm³/mol. The Labute approximate surface area is 127 Å². The number of ether oxygens (including phenoxy) is 2. The van der Waals surface area contributed by atoms with E-state index in [9.17, 15) is 9.59 Å². The van der Waals surface area contributed by atoms with Gasteiger partial charge in [0.1, 0.15) is 0 Å². The van der Waals surface area contributed by atoms with Crippen LogP contribution in [0, 0.1) is 0 Å². The minimum atomic E-state index is -0.219. The summed E-state index contributed by atoms with van der Waals surface area (Å²) in [7, 11) is 0. The molecule has 0 atom stereocenters. The maximum Gasteiger partial charge on any atom is 0.251 e. The number of nitrogens with one attached hydrogen (secondary N) is 2. The summed E-state index contributed by atoms with van der Waals surface area (Å²) in [6, 6.07) is 5.00. The number of halogens is 1. The van der Waals surface area contributed by atoms with E-state index in [2.05, 4.69) is 10.6 Å². The van der Waals surface area contributed by atoms with E-state index < -0.39 is 0 Å². The van der Waals surface area contributed by atoms with Gasteiger partial charge in [-0.25, -0.2) is 0 Å². The van der Waals surface area contributed by atoms with Gasteiger partial charge in [0.2, 0.25) is 12.7 Å². The molecule has 6 nitrogen and oxygen atoms in total. The third-order valence-corrected chi connectivity index (χ3v) is 3.17. The number of hydrogen-bond donors (Lipinski definition) is 2. The SMILES string of the molecule is O=C(CCCCl)NCCNC(=O)c1ccc2c(c1)OCO2. The van der Waals surface area contributed by atoms with Gasteiger partial charge in [0.05, 0.1) is 0 Å². The summed E-state index contributed by atoms with van der Waals surface area (Å²) in [4.78, 5) is 23.3. The standard InChI is InChI=1S/C14H17ClN2O4/c15-5-1-2-13(18)16-6-7-17-14(19)10-3-4-11-12(8-10)21-9-20-11/h3-4,8H,1-2,5-7,9H2,(H,16,18)(H,17,19). The minimum Gasteiger partial charge on any atom is -0.454 e. The monoisotopic (exact) mass is 312 g/mol. The lowest BCUT2D eigenvalue weighted by molar-refractivity contribution is -0.121. The molecule has 114 valence electrons. The van der Waals surface area contributed by atoms with Gasteiger partial charge in [-0.3, -0.25) is 9.59 Å². The average molecular weight is 313 g/mol. The molecule has 0 saturated heterocycles. The maximum absolute atomic E-state index is 11.9. The van der Waals surface area contributed by atoms with Crippen LogP contribution in [0.15, 0.2) is 18.2 Å². The highest BCUT2D eigenvalue weighted by molar-refractivity contribution is 6.17. The second-order valence-electron chi connectivity index (χ2n) is 4.47. The maximum atomic E-state index is 11.9. The molecule has 0 spiro atoms. The third-order valence-electron chi connectivity index (χ3n) is 2.90. The van der Waals surface area contributed by atoms with Crippen LogP contribution in [-0.4, -0.2) is 37.6 Å². The number of carbonyl (C=O) groups is 2. The zero-order valence-corrected chi connectivity index (χ0v) is 12.2. The number of rotatable bonds is 7. The zero-order valence-electron chi connectivity index (χ0n) is 11.5. The van der Waals surface area contributed by atoms with Crippen molar-refractivity contribution in [3.8, 4) is 11.5 Å². The Bertz CT molecular complexity index is 522. The Kier molecular flexibility index (Phi) is 5.68. The summed E-state index contributed by atoms with van der Waals surface area (Å²) in [5, 5.41) is 5.43. The molecule has 0 aromatic heterocycles. The van der Waals surface area contributed by atoms with Gasteiger partial charge >= 0.3 is 0 Å². The molecule has 2 N–H and O–H groups in total. The minimum absolute atomic E-state index is 0.0621. The van der Waals surface area contributed by atoms with E-state index in [-0.39, 0.29) is 18.6 Å². The molecule has 1 aliphatic heterocycles. The van der Waals surface area contributed by atoms with Crippen molar-refractivity contribution in [1.82, 2.24) is 10.6 Å². The van der Waals surface area contributed by atoms with E-state index >= 15 is 0 Å². The molecule has 0 aliphatic carbocycles. The summed E-state index contributed by atoms with van der Waals surface area (Å²) < 4.78 is 10.4. The highest BCUT2D eigenvalue weighted by Crippen LogP contribution is 2.32. The molecule has 0 saturated carbocycles. The van der Waals surface area contributed by atoms with Crippen LogP contribution in [0.3, 0.4) is 0 Å². The summed E-state index contributed by atoms with van der Waals surface area (Å²) in [5.41, 5.74) is 0.493. The number of alkyl halides is 1. The fourth-order valence-electron chi connectivity index (χ4n) is 1.83. The van der Waals surface area contributed by atoms with Crippen LogP contribution in [0.4, 0.5) is 0 Å². The summed E-state index contributed by atoms with van der Waals surface area (Å²) in [5.74, 6) is 1.39. The van der Waals surface area contributed by atoms with Crippen molar-refractivity contribution in [3.05, 3.63) is 23.8 Å². The van der Waals surface area contributed by atoms with Crippen molar-refractivity contribution >= 4 is 23.4 Å².